The van der Waals surface area contributed by atoms with Crippen LogP contribution in [0.25, 0.3) is 0 Å². The van der Waals surface area contributed by atoms with Crippen LogP contribution in [0.4, 0.5) is 18.9 Å². The number of aromatic nitrogens is 1. The first-order valence-electron chi connectivity index (χ1n) is 5.32. The van der Waals surface area contributed by atoms with Gasteiger partial charge in [-0.25, -0.2) is 0 Å². The molecule has 1 heterocycles. The molecule has 0 aromatic carbocycles. The minimum Gasteiger partial charge on any atom is -0.359 e. The zero-order valence-electron chi connectivity index (χ0n) is 9.83. The maximum atomic E-state index is 12.4. The third-order valence-corrected chi connectivity index (χ3v) is 2.32. The number of hydrogen-bond acceptors (Lipinski definition) is 3. The van der Waals surface area contributed by atoms with E-state index >= 15 is 0 Å². The number of halogens is 3. The summed E-state index contributed by atoms with van der Waals surface area (Å²) < 4.78 is 37.2. The summed E-state index contributed by atoms with van der Waals surface area (Å²) in [7, 11) is 0. The maximum Gasteiger partial charge on any atom is 0.405 e. The molecule has 0 amide bonds. The van der Waals surface area contributed by atoms with E-state index in [0.29, 0.717) is 11.4 Å². The molecule has 0 atom stereocenters. The second kappa shape index (κ2) is 5.35. The van der Waals surface area contributed by atoms with E-state index in [2.05, 4.69) is 4.98 Å². The molecule has 0 aliphatic rings. The van der Waals surface area contributed by atoms with Crippen molar-refractivity contribution < 1.29 is 13.2 Å². The number of rotatable bonds is 4. The molecule has 0 spiro atoms. The highest BCUT2D eigenvalue weighted by Gasteiger charge is 2.32. The van der Waals surface area contributed by atoms with Crippen LogP contribution in [0.5, 0.6) is 0 Å². The molecule has 17 heavy (non-hydrogen) atoms. The van der Waals surface area contributed by atoms with Gasteiger partial charge in [0.2, 0.25) is 0 Å². The van der Waals surface area contributed by atoms with Gasteiger partial charge in [-0.3, -0.25) is 4.98 Å². The zero-order valence-corrected chi connectivity index (χ0v) is 9.83. The molecule has 0 saturated heterocycles. The number of alkyl halides is 3. The Morgan fingerprint density at radius 2 is 2.00 bits per heavy atom. The summed E-state index contributed by atoms with van der Waals surface area (Å²) in [5.41, 5.74) is 6.49. The van der Waals surface area contributed by atoms with Crippen molar-refractivity contribution in [3.05, 3.63) is 24.0 Å². The van der Waals surface area contributed by atoms with E-state index in [4.69, 9.17) is 5.73 Å². The molecule has 0 fully saturated rings. The maximum absolute atomic E-state index is 12.4. The topological polar surface area (TPSA) is 42.1 Å². The van der Waals surface area contributed by atoms with Crippen LogP contribution in [0.1, 0.15) is 19.5 Å². The average Bonchev–Trinajstić information content (AvgIpc) is 2.25. The van der Waals surface area contributed by atoms with E-state index in [1.54, 1.807) is 26.0 Å². The smallest absolute Gasteiger partial charge is 0.359 e. The second-order valence-electron chi connectivity index (χ2n) is 4.05. The Balaban J connectivity index is 2.89. The molecule has 1 aromatic rings. The SMILES string of the molecule is CC(C)N(CC(F)(F)F)c1ccc(CN)nc1. The van der Waals surface area contributed by atoms with Gasteiger partial charge in [0, 0.05) is 12.6 Å². The minimum absolute atomic E-state index is 0.248. The molecular weight excluding hydrogens is 231 g/mol. The largest absolute Gasteiger partial charge is 0.405 e. The molecule has 0 radical (unpaired) electrons. The van der Waals surface area contributed by atoms with E-state index in [1.807, 2.05) is 0 Å². The van der Waals surface area contributed by atoms with Crippen LogP contribution >= 0.6 is 0 Å². The lowest BCUT2D eigenvalue weighted by molar-refractivity contribution is -0.120. The summed E-state index contributed by atoms with van der Waals surface area (Å²) >= 11 is 0. The van der Waals surface area contributed by atoms with E-state index in [9.17, 15) is 13.2 Å². The van der Waals surface area contributed by atoms with E-state index in [-0.39, 0.29) is 12.6 Å². The third kappa shape index (κ3) is 4.22. The monoisotopic (exact) mass is 247 g/mol. The normalized spacial score (nSPS) is 11.9. The zero-order chi connectivity index (χ0) is 13.1. The van der Waals surface area contributed by atoms with Crippen molar-refractivity contribution >= 4 is 5.69 Å². The molecule has 1 rings (SSSR count). The molecule has 2 N–H and O–H groups in total. The highest BCUT2D eigenvalue weighted by molar-refractivity contribution is 5.45. The summed E-state index contributed by atoms with van der Waals surface area (Å²) in [6.45, 7) is 2.72. The fraction of sp³-hybridized carbons (Fsp3) is 0.545. The van der Waals surface area contributed by atoms with Gasteiger partial charge in [-0.15, -0.1) is 0 Å². The Morgan fingerprint density at radius 3 is 2.35 bits per heavy atom. The van der Waals surface area contributed by atoms with Crippen molar-refractivity contribution in [3.63, 3.8) is 0 Å². The first kappa shape index (κ1) is 13.8. The third-order valence-electron chi connectivity index (χ3n) is 2.32. The summed E-state index contributed by atoms with van der Waals surface area (Å²) in [6.07, 6.45) is -2.80. The average molecular weight is 247 g/mol. The van der Waals surface area contributed by atoms with Crippen LogP contribution in [0.3, 0.4) is 0 Å². The number of anilines is 1. The lowest BCUT2D eigenvalue weighted by Gasteiger charge is -2.29. The van der Waals surface area contributed by atoms with Gasteiger partial charge in [0.1, 0.15) is 6.54 Å². The summed E-state index contributed by atoms with van der Waals surface area (Å²) in [4.78, 5) is 5.25. The quantitative estimate of drug-likeness (QED) is 0.887. The number of hydrogen-bond donors (Lipinski definition) is 1. The van der Waals surface area contributed by atoms with Crippen molar-refractivity contribution in [1.29, 1.82) is 0 Å². The molecule has 0 aliphatic carbocycles. The lowest BCUT2D eigenvalue weighted by Crippen LogP contribution is -2.39. The van der Waals surface area contributed by atoms with E-state index < -0.39 is 12.7 Å². The van der Waals surface area contributed by atoms with Gasteiger partial charge in [0.15, 0.2) is 0 Å². The fourth-order valence-electron chi connectivity index (χ4n) is 1.47. The lowest BCUT2D eigenvalue weighted by atomic mass is 10.2. The second-order valence-corrected chi connectivity index (χ2v) is 4.05. The summed E-state index contributed by atoms with van der Waals surface area (Å²) in [6, 6.07) is 3.00. The Morgan fingerprint density at radius 1 is 1.35 bits per heavy atom. The Labute approximate surface area is 98.4 Å². The molecule has 0 aliphatic heterocycles. The van der Waals surface area contributed by atoms with Crippen molar-refractivity contribution in [2.45, 2.75) is 32.6 Å². The van der Waals surface area contributed by atoms with Gasteiger partial charge in [-0.1, -0.05) is 0 Å². The number of nitrogens with zero attached hydrogens (tertiary/aromatic N) is 2. The van der Waals surface area contributed by atoms with Crippen LogP contribution in [0, 0.1) is 0 Å². The molecule has 0 saturated carbocycles. The van der Waals surface area contributed by atoms with Gasteiger partial charge in [0.05, 0.1) is 17.6 Å². The molecule has 3 nitrogen and oxygen atoms in total. The standard InChI is InChI=1S/C11H16F3N3/c1-8(2)17(7-11(12,13)14)10-4-3-9(5-15)16-6-10/h3-4,6,8H,5,7,15H2,1-2H3. The summed E-state index contributed by atoms with van der Waals surface area (Å²) in [5, 5.41) is 0. The predicted molar refractivity (Wildman–Crippen MR) is 60.7 cm³/mol. The van der Waals surface area contributed by atoms with Crippen molar-refractivity contribution in [2.24, 2.45) is 5.73 Å². The fourth-order valence-corrected chi connectivity index (χ4v) is 1.47. The van der Waals surface area contributed by atoms with Crippen LogP contribution in [-0.2, 0) is 6.54 Å². The Bertz CT molecular complexity index is 346. The van der Waals surface area contributed by atoms with Gasteiger partial charge in [0.25, 0.3) is 0 Å². The van der Waals surface area contributed by atoms with E-state index in [0.717, 1.165) is 0 Å². The van der Waals surface area contributed by atoms with Crippen LogP contribution in [0.15, 0.2) is 18.3 Å². The van der Waals surface area contributed by atoms with Gasteiger partial charge in [-0.05, 0) is 26.0 Å². The molecule has 0 unspecified atom stereocenters. The van der Waals surface area contributed by atoms with Gasteiger partial charge >= 0.3 is 6.18 Å². The Kier molecular flexibility index (Phi) is 4.34. The Hall–Kier alpha value is -1.30. The first-order valence-corrected chi connectivity index (χ1v) is 5.32. The molecule has 96 valence electrons. The van der Waals surface area contributed by atoms with E-state index in [1.165, 1.54) is 11.1 Å². The van der Waals surface area contributed by atoms with Crippen molar-refractivity contribution in [2.75, 3.05) is 11.4 Å². The van der Waals surface area contributed by atoms with Crippen LogP contribution in [0.2, 0.25) is 0 Å². The van der Waals surface area contributed by atoms with Gasteiger partial charge in [-0.2, -0.15) is 13.2 Å². The molecule has 6 heteroatoms. The molecule has 1 aromatic heterocycles. The summed E-state index contributed by atoms with van der Waals surface area (Å²) in [5.74, 6) is 0. The molecule has 0 bridgehead atoms. The highest BCUT2D eigenvalue weighted by atomic mass is 19.4. The number of pyridine rings is 1. The van der Waals surface area contributed by atoms with Crippen molar-refractivity contribution in [3.8, 4) is 0 Å². The van der Waals surface area contributed by atoms with Crippen LogP contribution < -0.4 is 10.6 Å². The number of nitrogens with two attached hydrogens (primary N) is 1. The molecular formula is C11H16F3N3. The van der Waals surface area contributed by atoms with Gasteiger partial charge < -0.3 is 10.6 Å². The van der Waals surface area contributed by atoms with Crippen LogP contribution in [-0.4, -0.2) is 23.7 Å². The highest BCUT2D eigenvalue weighted by Crippen LogP contribution is 2.23. The van der Waals surface area contributed by atoms with Crippen molar-refractivity contribution in [1.82, 2.24) is 4.98 Å². The predicted octanol–water partition coefficient (Wildman–Crippen LogP) is 2.32. The minimum atomic E-state index is -4.23. The first-order chi connectivity index (χ1) is 7.83.